The van der Waals surface area contributed by atoms with Crippen LogP contribution < -0.4 is 10.6 Å². The Labute approximate surface area is 73.0 Å². The summed E-state index contributed by atoms with van der Waals surface area (Å²) in [5.74, 6) is 0. The van der Waals surface area contributed by atoms with E-state index >= 15 is 0 Å². The van der Waals surface area contributed by atoms with Crippen LogP contribution >= 0.6 is 0 Å². The van der Waals surface area contributed by atoms with E-state index in [4.69, 9.17) is 0 Å². The number of anilines is 2. The molecule has 2 heteroatoms. The Morgan fingerprint density at radius 1 is 1.08 bits per heavy atom. The zero-order valence-corrected chi connectivity index (χ0v) is 7.57. The van der Waals surface area contributed by atoms with Gasteiger partial charge in [0.2, 0.25) is 0 Å². The molecule has 0 saturated carbocycles. The summed E-state index contributed by atoms with van der Waals surface area (Å²) in [6, 6.07) is 4.30. The van der Waals surface area contributed by atoms with Crippen LogP contribution in [-0.4, -0.2) is 13.1 Å². The topological polar surface area (TPSA) is 24.1 Å². The average molecular weight is 162 g/mol. The highest BCUT2D eigenvalue weighted by molar-refractivity contribution is 5.75. The fourth-order valence-electron chi connectivity index (χ4n) is 1.58. The summed E-state index contributed by atoms with van der Waals surface area (Å²) in [7, 11) is 0. The fourth-order valence-corrected chi connectivity index (χ4v) is 1.58. The van der Waals surface area contributed by atoms with Crippen molar-refractivity contribution in [2.45, 2.75) is 13.8 Å². The predicted molar refractivity (Wildman–Crippen MR) is 52.9 cm³/mol. The molecule has 1 heterocycles. The maximum absolute atomic E-state index is 3.41. The maximum Gasteiger partial charge on any atom is 0.0608 e. The lowest BCUT2D eigenvalue weighted by Gasteiger charge is -2.22. The second kappa shape index (κ2) is 2.70. The summed E-state index contributed by atoms with van der Waals surface area (Å²) in [4.78, 5) is 0. The number of hydrogen-bond donors (Lipinski definition) is 2. The van der Waals surface area contributed by atoms with Gasteiger partial charge in [0.15, 0.2) is 0 Å². The fraction of sp³-hybridized carbons (Fsp3) is 0.400. The highest BCUT2D eigenvalue weighted by Gasteiger charge is 2.10. The Bertz CT molecular complexity index is 305. The molecule has 12 heavy (non-hydrogen) atoms. The Morgan fingerprint density at radius 3 is 2.67 bits per heavy atom. The van der Waals surface area contributed by atoms with Crippen molar-refractivity contribution in [2.75, 3.05) is 23.7 Å². The van der Waals surface area contributed by atoms with Crippen LogP contribution in [0.3, 0.4) is 0 Å². The first-order valence-electron chi connectivity index (χ1n) is 4.37. The molecule has 0 radical (unpaired) electrons. The van der Waals surface area contributed by atoms with E-state index in [0.29, 0.717) is 0 Å². The minimum absolute atomic E-state index is 1.02. The van der Waals surface area contributed by atoms with E-state index in [1.54, 1.807) is 0 Å². The normalized spacial score (nSPS) is 14.5. The first-order chi connectivity index (χ1) is 5.79. The van der Waals surface area contributed by atoms with Crippen LogP contribution in [0.2, 0.25) is 0 Å². The number of aryl methyl sites for hydroxylation is 1. The molecule has 0 atom stereocenters. The molecule has 0 saturated heterocycles. The van der Waals surface area contributed by atoms with Crippen LogP contribution in [0.1, 0.15) is 11.1 Å². The molecule has 0 spiro atoms. The van der Waals surface area contributed by atoms with Gasteiger partial charge < -0.3 is 10.6 Å². The monoisotopic (exact) mass is 162 g/mol. The van der Waals surface area contributed by atoms with Crippen molar-refractivity contribution in [1.29, 1.82) is 0 Å². The molecule has 1 aromatic carbocycles. The predicted octanol–water partition coefficient (Wildman–Crippen LogP) is 2.14. The summed E-state index contributed by atoms with van der Waals surface area (Å²) in [5.41, 5.74) is 5.23. The van der Waals surface area contributed by atoms with Gasteiger partial charge in [-0.15, -0.1) is 0 Å². The smallest absolute Gasteiger partial charge is 0.0608 e. The SMILES string of the molecule is Cc1ccc2c(c1C)NCCN2. The van der Waals surface area contributed by atoms with Crippen molar-refractivity contribution >= 4 is 11.4 Å². The third kappa shape index (κ3) is 1.04. The molecule has 2 nitrogen and oxygen atoms in total. The van der Waals surface area contributed by atoms with Gasteiger partial charge in [-0.3, -0.25) is 0 Å². The van der Waals surface area contributed by atoms with Gasteiger partial charge in [-0.05, 0) is 31.0 Å². The molecule has 1 aliphatic rings. The van der Waals surface area contributed by atoms with E-state index in [1.165, 1.54) is 22.5 Å². The van der Waals surface area contributed by atoms with Crippen LogP contribution in [0.4, 0.5) is 11.4 Å². The van der Waals surface area contributed by atoms with E-state index in [1.807, 2.05) is 0 Å². The zero-order chi connectivity index (χ0) is 8.55. The van der Waals surface area contributed by atoms with Crippen LogP contribution in [0.15, 0.2) is 12.1 Å². The van der Waals surface area contributed by atoms with E-state index in [9.17, 15) is 0 Å². The van der Waals surface area contributed by atoms with Crippen LogP contribution in [0.25, 0.3) is 0 Å². The minimum Gasteiger partial charge on any atom is -0.382 e. The lowest BCUT2D eigenvalue weighted by atomic mass is 10.1. The minimum atomic E-state index is 1.02. The molecule has 0 unspecified atom stereocenters. The molecule has 2 rings (SSSR count). The van der Waals surface area contributed by atoms with Gasteiger partial charge in [0.1, 0.15) is 0 Å². The first kappa shape index (κ1) is 7.47. The van der Waals surface area contributed by atoms with E-state index in [2.05, 4.69) is 36.6 Å². The third-order valence-corrected chi connectivity index (χ3v) is 2.48. The lowest BCUT2D eigenvalue weighted by Crippen LogP contribution is -2.21. The Morgan fingerprint density at radius 2 is 1.83 bits per heavy atom. The van der Waals surface area contributed by atoms with Crippen molar-refractivity contribution < 1.29 is 0 Å². The molecule has 1 aliphatic heterocycles. The van der Waals surface area contributed by atoms with Crippen molar-refractivity contribution in [3.05, 3.63) is 23.3 Å². The highest BCUT2D eigenvalue weighted by Crippen LogP contribution is 2.29. The quantitative estimate of drug-likeness (QED) is 0.610. The molecule has 0 aliphatic carbocycles. The molecule has 1 aromatic rings. The summed E-state index contributed by atoms with van der Waals surface area (Å²) in [6.45, 7) is 6.35. The molecule has 2 N–H and O–H groups in total. The van der Waals surface area contributed by atoms with Crippen LogP contribution in [-0.2, 0) is 0 Å². The van der Waals surface area contributed by atoms with Gasteiger partial charge in [-0.1, -0.05) is 6.07 Å². The summed E-state index contributed by atoms with van der Waals surface area (Å²) >= 11 is 0. The lowest BCUT2D eigenvalue weighted by molar-refractivity contribution is 1.04. The van der Waals surface area contributed by atoms with Gasteiger partial charge in [0.25, 0.3) is 0 Å². The van der Waals surface area contributed by atoms with Gasteiger partial charge in [-0.25, -0.2) is 0 Å². The summed E-state index contributed by atoms with van der Waals surface area (Å²) < 4.78 is 0. The molecular formula is C10H14N2. The molecule has 0 amide bonds. The molecule has 0 aromatic heterocycles. The largest absolute Gasteiger partial charge is 0.382 e. The second-order valence-corrected chi connectivity index (χ2v) is 3.28. The molecule has 64 valence electrons. The summed E-state index contributed by atoms with van der Waals surface area (Å²) in [5, 5.41) is 6.78. The van der Waals surface area contributed by atoms with Gasteiger partial charge in [-0.2, -0.15) is 0 Å². The Hall–Kier alpha value is -1.18. The van der Waals surface area contributed by atoms with Crippen LogP contribution in [0, 0.1) is 13.8 Å². The zero-order valence-electron chi connectivity index (χ0n) is 7.57. The molecule has 0 fully saturated rings. The number of benzene rings is 1. The molecular weight excluding hydrogens is 148 g/mol. The maximum atomic E-state index is 3.41. The third-order valence-electron chi connectivity index (χ3n) is 2.48. The number of rotatable bonds is 0. The first-order valence-corrected chi connectivity index (χ1v) is 4.37. The summed E-state index contributed by atoms with van der Waals surface area (Å²) in [6.07, 6.45) is 0. The Kier molecular flexibility index (Phi) is 1.68. The number of fused-ring (bicyclic) bond motifs is 1. The van der Waals surface area contributed by atoms with Crippen molar-refractivity contribution in [2.24, 2.45) is 0 Å². The van der Waals surface area contributed by atoms with Crippen molar-refractivity contribution in [3.8, 4) is 0 Å². The van der Waals surface area contributed by atoms with Crippen molar-refractivity contribution in [3.63, 3.8) is 0 Å². The highest BCUT2D eigenvalue weighted by atomic mass is 15.0. The van der Waals surface area contributed by atoms with Crippen molar-refractivity contribution in [1.82, 2.24) is 0 Å². The Balaban J connectivity index is 2.54. The van der Waals surface area contributed by atoms with Gasteiger partial charge >= 0.3 is 0 Å². The standard InChI is InChI=1S/C10H14N2/c1-7-3-4-9-10(8(7)2)12-6-5-11-9/h3-4,11-12H,5-6H2,1-2H3. The van der Waals surface area contributed by atoms with Gasteiger partial charge in [0, 0.05) is 13.1 Å². The van der Waals surface area contributed by atoms with E-state index < -0.39 is 0 Å². The second-order valence-electron chi connectivity index (χ2n) is 3.28. The number of hydrogen-bond acceptors (Lipinski definition) is 2. The average Bonchev–Trinajstić information content (AvgIpc) is 2.12. The van der Waals surface area contributed by atoms with E-state index in [-0.39, 0.29) is 0 Å². The van der Waals surface area contributed by atoms with E-state index in [0.717, 1.165) is 13.1 Å². The van der Waals surface area contributed by atoms with Crippen LogP contribution in [0.5, 0.6) is 0 Å². The van der Waals surface area contributed by atoms with Gasteiger partial charge in [0.05, 0.1) is 11.4 Å². The molecule has 0 bridgehead atoms. The number of nitrogens with one attached hydrogen (secondary N) is 2.